The van der Waals surface area contributed by atoms with Gasteiger partial charge in [0, 0.05) is 17.3 Å². The van der Waals surface area contributed by atoms with Crippen LogP contribution in [0.5, 0.6) is 0 Å². The molecule has 0 radical (unpaired) electrons. The number of nitrogens with one attached hydrogen (secondary N) is 1. The van der Waals surface area contributed by atoms with E-state index in [2.05, 4.69) is 25.4 Å². The summed E-state index contributed by atoms with van der Waals surface area (Å²) in [5.41, 5.74) is 13.7. The predicted molar refractivity (Wildman–Crippen MR) is 111 cm³/mol. The van der Waals surface area contributed by atoms with Crippen molar-refractivity contribution in [2.75, 3.05) is 16.8 Å². The van der Waals surface area contributed by atoms with Gasteiger partial charge in [-0.05, 0) is 19.1 Å². The fraction of sp³-hybridized carbons (Fsp3) is 0.105. The Morgan fingerprint density at radius 2 is 2.07 bits per heavy atom. The highest BCUT2D eigenvalue weighted by atomic mass is 35.5. The van der Waals surface area contributed by atoms with Gasteiger partial charge in [-0.2, -0.15) is 20.3 Å². The number of fused-ring (bicyclic) bond motifs is 1. The molecule has 3 aromatic heterocycles. The minimum Gasteiger partial charge on any atom is -0.382 e. The number of aromatic nitrogens is 5. The zero-order valence-electron chi connectivity index (χ0n) is 15.6. The molecule has 1 aromatic carbocycles. The van der Waals surface area contributed by atoms with Gasteiger partial charge in [-0.15, -0.1) is 0 Å². The van der Waals surface area contributed by atoms with E-state index in [1.807, 2.05) is 13.0 Å². The van der Waals surface area contributed by atoms with Crippen molar-refractivity contribution in [3.05, 3.63) is 58.6 Å². The number of hydrogen-bond acceptors (Lipinski definition) is 8. The number of halogens is 2. The largest absolute Gasteiger partial charge is 0.382 e. The molecule has 4 aromatic rings. The summed E-state index contributed by atoms with van der Waals surface area (Å²) in [6.07, 6.45) is 3.20. The van der Waals surface area contributed by atoms with Crippen LogP contribution in [0.4, 0.5) is 22.0 Å². The van der Waals surface area contributed by atoms with Gasteiger partial charge < -0.3 is 16.8 Å². The maximum absolute atomic E-state index is 13.9. The van der Waals surface area contributed by atoms with Crippen LogP contribution in [0.2, 0.25) is 5.02 Å². The Hall–Kier alpha value is -3.97. The topological polar surface area (TPSA) is 144 Å². The van der Waals surface area contributed by atoms with E-state index in [1.165, 1.54) is 22.8 Å². The van der Waals surface area contributed by atoms with Crippen molar-refractivity contribution >= 4 is 34.8 Å². The van der Waals surface area contributed by atoms with Crippen LogP contribution >= 0.6 is 11.6 Å². The number of nitrogens with two attached hydrogens (primary N) is 2. The molecule has 11 heteroatoms. The lowest BCUT2D eigenvalue weighted by molar-refractivity contribution is 0.628. The van der Waals surface area contributed by atoms with E-state index in [-0.39, 0.29) is 23.1 Å². The molecule has 3 heterocycles. The molecule has 0 spiro atoms. The van der Waals surface area contributed by atoms with Crippen molar-refractivity contribution in [1.82, 2.24) is 24.6 Å². The van der Waals surface area contributed by atoms with Crippen LogP contribution < -0.4 is 16.8 Å². The number of hydrogen-bond donors (Lipinski definition) is 3. The Morgan fingerprint density at radius 1 is 1.27 bits per heavy atom. The highest BCUT2D eigenvalue weighted by Gasteiger charge is 2.20. The average molecular weight is 424 g/mol. The molecule has 4 rings (SSSR count). The average Bonchev–Trinajstić information content (AvgIpc) is 3.07. The molecule has 30 heavy (non-hydrogen) atoms. The van der Waals surface area contributed by atoms with Crippen molar-refractivity contribution in [1.29, 1.82) is 5.26 Å². The van der Waals surface area contributed by atoms with E-state index in [1.54, 1.807) is 18.3 Å². The van der Waals surface area contributed by atoms with Gasteiger partial charge in [0.2, 0.25) is 5.95 Å². The Morgan fingerprint density at radius 3 is 2.80 bits per heavy atom. The molecule has 0 aliphatic carbocycles. The summed E-state index contributed by atoms with van der Waals surface area (Å²) in [5.74, 6) is -0.321. The predicted octanol–water partition coefficient (Wildman–Crippen LogP) is 3.19. The molecule has 0 saturated carbocycles. The van der Waals surface area contributed by atoms with Gasteiger partial charge in [-0.1, -0.05) is 23.7 Å². The number of rotatable bonds is 4. The first-order valence-corrected chi connectivity index (χ1v) is 9.14. The molecule has 150 valence electrons. The third-order valence-electron chi connectivity index (χ3n) is 4.46. The number of benzene rings is 1. The molecule has 9 nitrogen and oxygen atoms in total. The zero-order chi connectivity index (χ0) is 21.4. The van der Waals surface area contributed by atoms with Gasteiger partial charge in [0.25, 0.3) is 0 Å². The van der Waals surface area contributed by atoms with Crippen LogP contribution in [0.3, 0.4) is 0 Å². The fourth-order valence-corrected chi connectivity index (χ4v) is 3.25. The molecule has 0 saturated heterocycles. The maximum Gasteiger partial charge on any atom is 0.224 e. The van der Waals surface area contributed by atoms with E-state index >= 15 is 0 Å². The lowest BCUT2D eigenvalue weighted by Crippen LogP contribution is -2.15. The van der Waals surface area contributed by atoms with Crippen LogP contribution in [0.25, 0.3) is 16.9 Å². The van der Waals surface area contributed by atoms with Crippen LogP contribution in [0.1, 0.15) is 24.1 Å². The molecule has 5 N–H and O–H groups in total. The van der Waals surface area contributed by atoms with Gasteiger partial charge >= 0.3 is 0 Å². The van der Waals surface area contributed by atoms with Gasteiger partial charge in [-0.25, -0.2) is 13.9 Å². The van der Waals surface area contributed by atoms with E-state index in [0.29, 0.717) is 27.5 Å². The SMILES string of the molecule is C[C@H](Nc1nc(N)nc(N)c1C#N)c1cn2ncc(Cl)c2nc1-c1cccc(F)c1. The third kappa shape index (κ3) is 3.42. The molecule has 0 aliphatic rings. The van der Waals surface area contributed by atoms with Crippen molar-refractivity contribution in [3.63, 3.8) is 0 Å². The number of nitrogen functional groups attached to an aromatic ring is 2. The molecule has 1 atom stereocenters. The fourth-order valence-electron chi connectivity index (χ4n) is 3.07. The van der Waals surface area contributed by atoms with Crippen LogP contribution in [0.15, 0.2) is 36.7 Å². The van der Waals surface area contributed by atoms with Gasteiger partial charge in [0.1, 0.15) is 28.3 Å². The highest BCUT2D eigenvalue weighted by molar-refractivity contribution is 6.33. The van der Waals surface area contributed by atoms with Crippen LogP contribution in [-0.4, -0.2) is 24.6 Å². The lowest BCUT2D eigenvalue weighted by Gasteiger charge is -2.19. The van der Waals surface area contributed by atoms with E-state index in [9.17, 15) is 9.65 Å². The number of nitrogens with zero attached hydrogens (tertiary/aromatic N) is 6. The van der Waals surface area contributed by atoms with E-state index in [0.717, 1.165) is 0 Å². The Labute approximate surface area is 175 Å². The smallest absolute Gasteiger partial charge is 0.224 e. The number of anilines is 3. The van der Waals surface area contributed by atoms with Crippen molar-refractivity contribution < 1.29 is 4.39 Å². The summed E-state index contributed by atoms with van der Waals surface area (Å²) in [5, 5.41) is 17.1. The van der Waals surface area contributed by atoms with E-state index < -0.39 is 11.9 Å². The minimum atomic E-state index is -0.441. The second kappa shape index (κ2) is 7.46. The second-order valence-electron chi connectivity index (χ2n) is 6.48. The van der Waals surface area contributed by atoms with Crippen LogP contribution in [0, 0.1) is 17.1 Å². The van der Waals surface area contributed by atoms with Gasteiger partial charge in [-0.3, -0.25) is 0 Å². The van der Waals surface area contributed by atoms with Crippen molar-refractivity contribution in [3.8, 4) is 17.3 Å². The van der Waals surface area contributed by atoms with Crippen molar-refractivity contribution in [2.45, 2.75) is 13.0 Å². The van der Waals surface area contributed by atoms with Gasteiger partial charge in [0.15, 0.2) is 11.5 Å². The molecule has 0 fully saturated rings. The first kappa shape index (κ1) is 19.4. The molecule has 0 amide bonds. The second-order valence-corrected chi connectivity index (χ2v) is 6.89. The number of nitriles is 1. The molecular formula is C19H15ClFN9. The first-order chi connectivity index (χ1) is 14.4. The summed E-state index contributed by atoms with van der Waals surface area (Å²) >= 11 is 6.18. The van der Waals surface area contributed by atoms with E-state index in [4.69, 9.17) is 23.1 Å². The third-order valence-corrected chi connectivity index (χ3v) is 4.73. The van der Waals surface area contributed by atoms with Crippen LogP contribution in [-0.2, 0) is 0 Å². The molecule has 0 bridgehead atoms. The monoisotopic (exact) mass is 423 g/mol. The summed E-state index contributed by atoms with van der Waals surface area (Å²) in [4.78, 5) is 12.5. The molecular weight excluding hydrogens is 409 g/mol. The Balaban J connectivity index is 1.86. The zero-order valence-corrected chi connectivity index (χ0v) is 16.4. The summed E-state index contributed by atoms with van der Waals surface area (Å²) in [6.45, 7) is 1.83. The summed E-state index contributed by atoms with van der Waals surface area (Å²) in [6, 6.07) is 7.58. The normalized spacial score (nSPS) is 11.9. The highest BCUT2D eigenvalue weighted by Crippen LogP contribution is 2.32. The molecule has 0 unspecified atom stereocenters. The lowest BCUT2D eigenvalue weighted by atomic mass is 10.0. The minimum absolute atomic E-state index is 0.0301. The quantitative estimate of drug-likeness (QED) is 0.454. The van der Waals surface area contributed by atoms with Gasteiger partial charge in [0.05, 0.1) is 17.9 Å². The summed E-state index contributed by atoms with van der Waals surface area (Å²) in [7, 11) is 0. The Kier molecular flexibility index (Phi) is 4.81. The first-order valence-electron chi connectivity index (χ1n) is 8.76. The standard InChI is InChI=1S/C19H15ClFN9/c1-9(26-17-12(6-22)16(23)28-19(24)29-17)13-8-30-18(14(20)7-25-30)27-15(13)10-3-2-4-11(21)5-10/h2-5,7-9H,1H3,(H5,23,24,26,28,29)/t9-/m0/s1. The maximum atomic E-state index is 13.9. The molecule has 0 aliphatic heterocycles. The Bertz CT molecular complexity index is 1310. The van der Waals surface area contributed by atoms with Crippen molar-refractivity contribution in [2.24, 2.45) is 0 Å². The summed E-state index contributed by atoms with van der Waals surface area (Å²) < 4.78 is 15.4.